The summed E-state index contributed by atoms with van der Waals surface area (Å²) in [6, 6.07) is 0.506. The molecular weight excluding hydrogens is 234 g/mol. The normalized spacial score (nSPS) is 21.0. The van der Waals surface area contributed by atoms with Crippen molar-refractivity contribution >= 4 is 11.8 Å². The van der Waals surface area contributed by atoms with Crippen LogP contribution in [0.2, 0.25) is 0 Å². The van der Waals surface area contributed by atoms with E-state index >= 15 is 0 Å². The van der Waals surface area contributed by atoms with Crippen LogP contribution in [0.1, 0.15) is 50.1 Å². The van der Waals surface area contributed by atoms with Gasteiger partial charge in [0.15, 0.2) is 5.82 Å². The molecule has 0 radical (unpaired) electrons. The van der Waals surface area contributed by atoms with Gasteiger partial charge in [-0.2, -0.15) is 16.7 Å². The van der Waals surface area contributed by atoms with Gasteiger partial charge in [0, 0.05) is 19.0 Å². The van der Waals surface area contributed by atoms with Gasteiger partial charge in [-0.05, 0) is 18.6 Å². The summed E-state index contributed by atoms with van der Waals surface area (Å²) in [6.07, 6.45) is 4.62. The maximum atomic E-state index is 5.29. The number of hydrogen-bond acceptors (Lipinski definition) is 5. The van der Waals surface area contributed by atoms with E-state index in [4.69, 9.17) is 4.52 Å². The van der Waals surface area contributed by atoms with Gasteiger partial charge in [0.2, 0.25) is 5.89 Å². The quantitative estimate of drug-likeness (QED) is 0.876. The Labute approximate surface area is 107 Å². The van der Waals surface area contributed by atoms with E-state index in [9.17, 15) is 0 Å². The molecule has 1 N–H and O–H groups in total. The lowest BCUT2D eigenvalue weighted by atomic mass is 10.2. The third kappa shape index (κ3) is 4.00. The molecule has 4 nitrogen and oxygen atoms in total. The van der Waals surface area contributed by atoms with Crippen molar-refractivity contribution in [1.82, 2.24) is 15.5 Å². The molecular formula is C12H21N3OS. The minimum atomic E-state index is 0.458. The Morgan fingerprint density at radius 1 is 1.47 bits per heavy atom. The molecule has 0 aliphatic carbocycles. The van der Waals surface area contributed by atoms with E-state index in [0.29, 0.717) is 11.3 Å². The van der Waals surface area contributed by atoms with E-state index in [-0.39, 0.29) is 0 Å². The summed E-state index contributed by atoms with van der Waals surface area (Å²) >= 11 is 1.96. The predicted molar refractivity (Wildman–Crippen MR) is 70.2 cm³/mol. The van der Waals surface area contributed by atoms with Crippen molar-refractivity contribution in [3.8, 4) is 0 Å². The van der Waals surface area contributed by atoms with Crippen LogP contribution in [0.5, 0.6) is 0 Å². The SMILES string of the molecule is CC(C)NCCc1nc(C2CCCCS2)no1. The standard InChI is InChI=1S/C12H21N3OS/c1-9(2)13-7-6-11-14-12(15-16-11)10-5-3-4-8-17-10/h9-10,13H,3-8H2,1-2H3. The first-order chi connectivity index (χ1) is 8.25. The fraction of sp³-hybridized carbons (Fsp3) is 0.833. The van der Waals surface area contributed by atoms with Crippen molar-refractivity contribution < 1.29 is 4.52 Å². The highest BCUT2D eigenvalue weighted by molar-refractivity contribution is 7.99. The van der Waals surface area contributed by atoms with E-state index in [0.717, 1.165) is 24.7 Å². The number of nitrogens with zero attached hydrogens (tertiary/aromatic N) is 2. The molecule has 17 heavy (non-hydrogen) atoms. The molecule has 1 unspecified atom stereocenters. The molecule has 2 rings (SSSR count). The molecule has 1 aliphatic heterocycles. The van der Waals surface area contributed by atoms with Crippen LogP contribution >= 0.6 is 11.8 Å². The lowest BCUT2D eigenvalue weighted by Gasteiger charge is -2.17. The van der Waals surface area contributed by atoms with Crippen LogP contribution in [0.4, 0.5) is 0 Å². The van der Waals surface area contributed by atoms with Crippen molar-refractivity contribution in [3.05, 3.63) is 11.7 Å². The molecule has 0 amide bonds. The number of rotatable bonds is 5. The Morgan fingerprint density at radius 2 is 2.35 bits per heavy atom. The van der Waals surface area contributed by atoms with Gasteiger partial charge < -0.3 is 9.84 Å². The number of hydrogen-bond donors (Lipinski definition) is 1. The molecule has 1 fully saturated rings. The molecule has 0 bridgehead atoms. The van der Waals surface area contributed by atoms with Crippen LogP contribution in [-0.2, 0) is 6.42 Å². The summed E-state index contributed by atoms with van der Waals surface area (Å²) in [6.45, 7) is 5.17. The molecule has 0 aromatic carbocycles. The Kier molecular flexibility index (Phi) is 4.86. The van der Waals surface area contributed by atoms with Crippen molar-refractivity contribution in [2.45, 2.75) is 50.8 Å². The van der Waals surface area contributed by atoms with Gasteiger partial charge in [-0.15, -0.1) is 0 Å². The Balaban J connectivity index is 1.82. The summed E-state index contributed by atoms with van der Waals surface area (Å²) in [5.41, 5.74) is 0. The smallest absolute Gasteiger partial charge is 0.227 e. The number of thioether (sulfide) groups is 1. The molecule has 2 heterocycles. The van der Waals surface area contributed by atoms with Crippen LogP contribution < -0.4 is 5.32 Å². The van der Waals surface area contributed by atoms with Crippen LogP contribution in [0.3, 0.4) is 0 Å². The monoisotopic (exact) mass is 255 g/mol. The minimum absolute atomic E-state index is 0.458. The highest BCUT2D eigenvalue weighted by Crippen LogP contribution is 2.36. The molecule has 1 aliphatic rings. The molecule has 1 atom stereocenters. The Bertz CT molecular complexity index is 334. The average Bonchev–Trinajstić information content (AvgIpc) is 2.78. The van der Waals surface area contributed by atoms with Crippen molar-refractivity contribution in [3.63, 3.8) is 0 Å². The zero-order valence-corrected chi connectivity index (χ0v) is 11.4. The van der Waals surface area contributed by atoms with Gasteiger partial charge in [-0.1, -0.05) is 25.4 Å². The second kappa shape index (κ2) is 6.40. The minimum Gasteiger partial charge on any atom is -0.339 e. The first-order valence-corrected chi connectivity index (χ1v) is 7.48. The number of nitrogens with one attached hydrogen (secondary N) is 1. The van der Waals surface area contributed by atoms with E-state index < -0.39 is 0 Å². The van der Waals surface area contributed by atoms with Crippen LogP contribution in [0.25, 0.3) is 0 Å². The summed E-state index contributed by atoms with van der Waals surface area (Å²) in [7, 11) is 0. The maximum Gasteiger partial charge on any atom is 0.227 e. The predicted octanol–water partition coefficient (Wildman–Crippen LogP) is 2.57. The van der Waals surface area contributed by atoms with Gasteiger partial charge in [0.1, 0.15) is 0 Å². The van der Waals surface area contributed by atoms with Crippen molar-refractivity contribution in [1.29, 1.82) is 0 Å². The summed E-state index contributed by atoms with van der Waals surface area (Å²) in [5, 5.41) is 7.91. The van der Waals surface area contributed by atoms with Gasteiger partial charge in [-0.25, -0.2) is 0 Å². The van der Waals surface area contributed by atoms with E-state index in [1.54, 1.807) is 0 Å². The van der Waals surface area contributed by atoms with Gasteiger partial charge in [0.05, 0.1) is 5.25 Å². The molecule has 96 valence electrons. The fourth-order valence-electron chi connectivity index (χ4n) is 1.91. The van der Waals surface area contributed by atoms with Gasteiger partial charge in [-0.3, -0.25) is 0 Å². The van der Waals surface area contributed by atoms with Gasteiger partial charge in [0.25, 0.3) is 0 Å². The topological polar surface area (TPSA) is 51.0 Å². The van der Waals surface area contributed by atoms with Crippen LogP contribution in [-0.4, -0.2) is 28.5 Å². The lowest BCUT2D eigenvalue weighted by Crippen LogP contribution is -2.25. The van der Waals surface area contributed by atoms with Crippen LogP contribution in [0, 0.1) is 0 Å². The first kappa shape index (κ1) is 12.9. The zero-order chi connectivity index (χ0) is 12.1. The van der Waals surface area contributed by atoms with Crippen molar-refractivity contribution in [2.24, 2.45) is 0 Å². The summed E-state index contributed by atoms with van der Waals surface area (Å²) in [5.74, 6) is 2.89. The molecule has 0 saturated carbocycles. The van der Waals surface area contributed by atoms with E-state index in [1.807, 2.05) is 11.8 Å². The second-order valence-corrected chi connectivity index (χ2v) is 6.07. The largest absolute Gasteiger partial charge is 0.339 e. The Hall–Kier alpha value is -0.550. The average molecular weight is 255 g/mol. The lowest BCUT2D eigenvalue weighted by molar-refractivity contribution is 0.368. The summed E-state index contributed by atoms with van der Waals surface area (Å²) < 4.78 is 5.29. The highest BCUT2D eigenvalue weighted by atomic mass is 32.2. The molecule has 1 aromatic rings. The number of aromatic nitrogens is 2. The fourth-order valence-corrected chi connectivity index (χ4v) is 3.15. The van der Waals surface area contributed by atoms with Crippen LogP contribution in [0.15, 0.2) is 4.52 Å². The van der Waals surface area contributed by atoms with E-state index in [2.05, 4.69) is 29.3 Å². The van der Waals surface area contributed by atoms with Gasteiger partial charge >= 0.3 is 0 Å². The third-order valence-corrected chi connectivity index (χ3v) is 4.22. The maximum absolute atomic E-state index is 5.29. The molecule has 5 heteroatoms. The molecule has 1 aromatic heterocycles. The highest BCUT2D eigenvalue weighted by Gasteiger charge is 2.21. The zero-order valence-electron chi connectivity index (χ0n) is 10.6. The summed E-state index contributed by atoms with van der Waals surface area (Å²) in [4.78, 5) is 4.49. The second-order valence-electron chi connectivity index (χ2n) is 4.76. The van der Waals surface area contributed by atoms with Crippen molar-refractivity contribution in [2.75, 3.05) is 12.3 Å². The molecule has 0 spiro atoms. The van der Waals surface area contributed by atoms with E-state index in [1.165, 1.54) is 25.0 Å². The molecule has 1 saturated heterocycles. The first-order valence-electron chi connectivity index (χ1n) is 6.43. The third-order valence-electron chi connectivity index (χ3n) is 2.84. The Morgan fingerprint density at radius 3 is 3.06 bits per heavy atom.